The molecule has 0 fully saturated rings. The van der Waals surface area contributed by atoms with Crippen LogP contribution in [0.15, 0.2) is 29.4 Å². The maximum atomic E-state index is 5.63. The Hall–Kier alpha value is -0.910. The first-order valence-corrected chi connectivity index (χ1v) is 7.45. The molecule has 0 bridgehead atoms. The van der Waals surface area contributed by atoms with Gasteiger partial charge >= 0.3 is 0 Å². The molecule has 0 aliphatic heterocycles. The fourth-order valence-electron chi connectivity index (χ4n) is 1.49. The predicted octanol–water partition coefficient (Wildman–Crippen LogP) is 2.55. The third-order valence-electron chi connectivity index (χ3n) is 2.65. The first kappa shape index (κ1) is 16.1. The van der Waals surface area contributed by atoms with Crippen LogP contribution >= 0.6 is 11.8 Å². The Labute approximate surface area is 120 Å². The normalized spacial score (nSPS) is 15.3. The largest absolute Gasteiger partial charge is 0.378 e. The van der Waals surface area contributed by atoms with E-state index in [2.05, 4.69) is 29.1 Å². The molecule has 19 heavy (non-hydrogen) atoms. The minimum Gasteiger partial charge on any atom is -0.378 e. The molecule has 0 aliphatic carbocycles. The van der Waals surface area contributed by atoms with Crippen molar-refractivity contribution in [1.82, 2.24) is 10.3 Å². The van der Waals surface area contributed by atoms with Crippen LogP contribution in [0, 0.1) is 0 Å². The summed E-state index contributed by atoms with van der Waals surface area (Å²) in [5, 5.41) is 4.32. The van der Waals surface area contributed by atoms with Crippen LogP contribution in [0.1, 0.15) is 26.5 Å². The summed E-state index contributed by atoms with van der Waals surface area (Å²) in [6, 6.07) is 5.88. The number of rotatable bonds is 7. The van der Waals surface area contributed by atoms with E-state index in [1.54, 1.807) is 18.0 Å². The molecule has 0 saturated carbocycles. The van der Waals surface area contributed by atoms with E-state index in [4.69, 9.17) is 4.74 Å². The van der Waals surface area contributed by atoms with Gasteiger partial charge in [-0.05, 0) is 33.0 Å². The summed E-state index contributed by atoms with van der Waals surface area (Å²) in [5.74, 6) is 0. The Morgan fingerprint density at radius 2 is 2.26 bits per heavy atom. The molecule has 0 aliphatic rings. The Morgan fingerprint density at radius 1 is 1.47 bits per heavy atom. The zero-order valence-corrected chi connectivity index (χ0v) is 12.9. The fourth-order valence-corrected chi connectivity index (χ4v) is 2.49. The number of ether oxygens (including phenoxy) is 1. The summed E-state index contributed by atoms with van der Waals surface area (Å²) < 4.78 is 5.63. The van der Waals surface area contributed by atoms with Gasteiger partial charge in [0.25, 0.3) is 0 Å². The Morgan fingerprint density at radius 3 is 2.84 bits per heavy atom. The van der Waals surface area contributed by atoms with Crippen LogP contribution in [0.5, 0.6) is 0 Å². The van der Waals surface area contributed by atoms with Gasteiger partial charge in [0.05, 0.1) is 18.5 Å². The van der Waals surface area contributed by atoms with Gasteiger partial charge in [-0.25, -0.2) is 0 Å². The maximum Gasteiger partial charge on any atom is 0.118 e. The number of pyridine rings is 1. The highest BCUT2D eigenvalue weighted by Crippen LogP contribution is 2.21. The van der Waals surface area contributed by atoms with Gasteiger partial charge in [0.15, 0.2) is 0 Å². The molecule has 1 aromatic rings. The second-order valence-electron chi connectivity index (χ2n) is 4.17. The van der Waals surface area contributed by atoms with Crippen molar-refractivity contribution in [2.45, 2.75) is 32.1 Å². The van der Waals surface area contributed by atoms with Crippen molar-refractivity contribution < 1.29 is 4.74 Å². The van der Waals surface area contributed by atoms with Crippen LogP contribution in [0.4, 0.5) is 0 Å². The maximum absolute atomic E-state index is 5.63. The number of thioether (sulfide) groups is 1. The SMILES string of the molecule is CCO[C@@H](C)C(C)SC(=NCNC)c1ccccn1. The van der Waals surface area contributed by atoms with Gasteiger partial charge < -0.3 is 10.1 Å². The van der Waals surface area contributed by atoms with Gasteiger partial charge in [0.2, 0.25) is 0 Å². The standard InChI is InChI=1S/C14H23N3OS/c1-5-18-11(2)12(3)19-14(17-10-15-4)13-8-6-7-9-16-13/h6-9,11-12,15H,5,10H2,1-4H3/t11-,12?/m0/s1. The lowest BCUT2D eigenvalue weighted by atomic mass is 10.3. The van der Waals surface area contributed by atoms with Crippen LogP contribution in [0.25, 0.3) is 0 Å². The van der Waals surface area contributed by atoms with E-state index in [1.807, 2.05) is 32.2 Å². The Balaban J connectivity index is 2.76. The van der Waals surface area contributed by atoms with E-state index in [0.717, 1.165) is 17.3 Å². The molecule has 1 N–H and O–H groups in total. The fraction of sp³-hybridized carbons (Fsp3) is 0.571. The van der Waals surface area contributed by atoms with Crippen LogP contribution in [0.3, 0.4) is 0 Å². The van der Waals surface area contributed by atoms with E-state index in [0.29, 0.717) is 11.9 Å². The smallest absolute Gasteiger partial charge is 0.118 e. The molecule has 1 heterocycles. The summed E-state index contributed by atoms with van der Waals surface area (Å²) in [7, 11) is 1.89. The summed E-state index contributed by atoms with van der Waals surface area (Å²) >= 11 is 1.71. The van der Waals surface area contributed by atoms with Crippen molar-refractivity contribution in [3.05, 3.63) is 30.1 Å². The minimum atomic E-state index is 0.193. The highest BCUT2D eigenvalue weighted by Gasteiger charge is 2.17. The van der Waals surface area contributed by atoms with Crippen LogP contribution in [0.2, 0.25) is 0 Å². The molecule has 1 aromatic heterocycles. The van der Waals surface area contributed by atoms with Crippen molar-refractivity contribution in [3.8, 4) is 0 Å². The molecule has 2 atom stereocenters. The first-order chi connectivity index (χ1) is 9.19. The second kappa shape index (κ2) is 9.07. The third kappa shape index (κ3) is 5.72. The lowest BCUT2D eigenvalue weighted by molar-refractivity contribution is 0.0780. The molecule has 1 unspecified atom stereocenters. The first-order valence-electron chi connectivity index (χ1n) is 6.57. The average molecular weight is 281 g/mol. The molecule has 0 saturated heterocycles. The van der Waals surface area contributed by atoms with Gasteiger partial charge in [-0.15, -0.1) is 0 Å². The number of aliphatic imine (C=N–C) groups is 1. The summed E-state index contributed by atoms with van der Waals surface area (Å²) in [4.78, 5) is 8.92. The number of hydrogen-bond donors (Lipinski definition) is 1. The molecule has 4 nitrogen and oxygen atoms in total. The van der Waals surface area contributed by atoms with E-state index in [1.165, 1.54) is 0 Å². The number of nitrogens with one attached hydrogen (secondary N) is 1. The van der Waals surface area contributed by atoms with Gasteiger partial charge in [-0.3, -0.25) is 9.98 Å². The van der Waals surface area contributed by atoms with Crippen LogP contribution < -0.4 is 5.32 Å². The molecule has 106 valence electrons. The van der Waals surface area contributed by atoms with Crippen molar-refractivity contribution in [3.63, 3.8) is 0 Å². The van der Waals surface area contributed by atoms with Gasteiger partial charge in [0, 0.05) is 18.1 Å². The molecule has 0 aromatic carbocycles. The van der Waals surface area contributed by atoms with E-state index in [9.17, 15) is 0 Å². The van der Waals surface area contributed by atoms with Crippen molar-refractivity contribution in [1.29, 1.82) is 0 Å². The molecule has 0 amide bonds. The van der Waals surface area contributed by atoms with Gasteiger partial charge in [-0.1, -0.05) is 24.8 Å². The molecular formula is C14H23N3OS. The topological polar surface area (TPSA) is 46.5 Å². The predicted molar refractivity (Wildman–Crippen MR) is 82.8 cm³/mol. The Bertz CT molecular complexity index is 384. The van der Waals surface area contributed by atoms with E-state index in [-0.39, 0.29) is 6.10 Å². The molecule has 0 radical (unpaired) electrons. The highest BCUT2D eigenvalue weighted by atomic mass is 32.2. The zero-order valence-electron chi connectivity index (χ0n) is 12.1. The zero-order chi connectivity index (χ0) is 14.1. The van der Waals surface area contributed by atoms with E-state index >= 15 is 0 Å². The number of aromatic nitrogens is 1. The van der Waals surface area contributed by atoms with Gasteiger partial charge in [0.1, 0.15) is 5.04 Å². The van der Waals surface area contributed by atoms with Crippen molar-refractivity contribution in [2.75, 3.05) is 20.3 Å². The average Bonchev–Trinajstić information content (AvgIpc) is 2.44. The number of nitrogens with zero attached hydrogens (tertiary/aromatic N) is 2. The highest BCUT2D eigenvalue weighted by molar-refractivity contribution is 8.15. The molecule has 5 heteroatoms. The minimum absolute atomic E-state index is 0.193. The summed E-state index contributed by atoms with van der Waals surface area (Å²) in [6.07, 6.45) is 1.99. The summed E-state index contributed by atoms with van der Waals surface area (Å²) in [5.41, 5.74) is 0.915. The van der Waals surface area contributed by atoms with Crippen molar-refractivity contribution >= 4 is 16.8 Å². The second-order valence-corrected chi connectivity index (χ2v) is 5.54. The monoisotopic (exact) mass is 281 g/mol. The summed E-state index contributed by atoms with van der Waals surface area (Å²) in [6.45, 7) is 7.59. The van der Waals surface area contributed by atoms with Crippen LogP contribution in [-0.4, -0.2) is 41.7 Å². The van der Waals surface area contributed by atoms with Gasteiger partial charge in [-0.2, -0.15) is 0 Å². The number of hydrogen-bond acceptors (Lipinski definition) is 5. The Kier molecular flexibility index (Phi) is 7.70. The third-order valence-corrected chi connectivity index (χ3v) is 3.97. The lowest BCUT2D eigenvalue weighted by Gasteiger charge is -2.20. The van der Waals surface area contributed by atoms with E-state index < -0.39 is 0 Å². The molecule has 0 spiro atoms. The van der Waals surface area contributed by atoms with Crippen LogP contribution in [-0.2, 0) is 4.74 Å². The molecular weight excluding hydrogens is 258 g/mol. The lowest BCUT2D eigenvalue weighted by Crippen LogP contribution is -2.22. The quantitative estimate of drug-likeness (QED) is 0.616. The molecule has 1 rings (SSSR count). The van der Waals surface area contributed by atoms with Crippen molar-refractivity contribution in [2.24, 2.45) is 4.99 Å².